The first-order valence-electron chi connectivity index (χ1n) is 4.74. The van der Waals surface area contributed by atoms with Crippen molar-refractivity contribution in [3.63, 3.8) is 0 Å². The van der Waals surface area contributed by atoms with Gasteiger partial charge in [0.2, 0.25) is 11.8 Å². The largest absolute Gasteiger partial charge is 0.346 e. The van der Waals surface area contributed by atoms with Crippen LogP contribution in [0.2, 0.25) is 0 Å². The van der Waals surface area contributed by atoms with E-state index in [0.29, 0.717) is 4.47 Å². The molecular formula is C10H11BrFN3O2. The third kappa shape index (κ3) is 4.49. The highest BCUT2D eigenvalue weighted by molar-refractivity contribution is 9.10. The van der Waals surface area contributed by atoms with Crippen LogP contribution in [-0.2, 0) is 9.59 Å². The van der Waals surface area contributed by atoms with E-state index in [2.05, 4.69) is 26.6 Å². The standard InChI is InChI=1S/C10H11BrFN3O2/c11-6-1-2-8(7(12)3-6)15-10(17)5-14-9(16)4-13/h1-3H,4-5,13H2,(H,14,16)(H,15,17). The van der Waals surface area contributed by atoms with E-state index in [-0.39, 0.29) is 18.8 Å². The molecule has 0 heterocycles. The molecule has 0 aromatic heterocycles. The van der Waals surface area contributed by atoms with E-state index < -0.39 is 17.6 Å². The van der Waals surface area contributed by atoms with Gasteiger partial charge in [0.25, 0.3) is 0 Å². The van der Waals surface area contributed by atoms with Crippen molar-refractivity contribution in [2.75, 3.05) is 18.4 Å². The Balaban J connectivity index is 2.53. The average molecular weight is 304 g/mol. The third-order valence-corrected chi connectivity index (χ3v) is 2.33. The number of nitrogens with one attached hydrogen (secondary N) is 2. The molecule has 7 heteroatoms. The Labute approximate surface area is 106 Å². The molecule has 1 rings (SSSR count). The Hall–Kier alpha value is -1.47. The summed E-state index contributed by atoms with van der Waals surface area (Å²) in [6.45, 7) is -0.439. The summed E-state index contributed by atoms with van der Waals surface area (Å²) >= 11 is 3.10. The van der Waals surface area contributed by atoms with Crippen LogP contribution in [0.5, 0.6) is 0 Å². The van der Waals surface area contributed by atoms with Crippen molar-refractivity contribution in [1.29, 1.82) is 0 Å². The van der Waals surface area contributed by atoms with Gasteiger partial charge in [-0.2, -0.15) is 0 Å². The first-order chi connectivity index (χ1) is 8.02. The summed E-state index contributed by atoms with van der Waals surface area (Å²) in [5.41, 5.74) is 5.10. The smallest absolute Gasteiger partial charge is 0.243 e. The minimum atomic E-state index is -0.558. The van der Waals surface area contributed by atoms with Crippen LogP contribution in [0.3, 0.4) is 0 Å². The number of halogens is 2. The number of anilines is 1. The number of carbonyl (C=O) groups excluding carboxylic acids is 2. The molecule has 0 unspecified atom stereocenters. The van der Waals surface area contributed by atoms with E-state index in [9.17, 15) is 14.0 Å². The lowest BCUT2D eigenvalue weighted by Crippen LogP contribution is -2.36. The minimum Gasteiger partial charge on any atom is -0.346 e. The summed E-state index contributed by atoms with van der Waals surface area (Å²) in [6, 6.07) is 4.24. The van der Waals surface area contributed by atoms with E-state index >= 15 is 0 Å². The van der Waals surface area contributed by atoms with Crippen LogP contribution < -0.4 is 16.4 Å². The van der Waals surface area contributed by atoms with Crippen molar-refractivity contribution in [2.45, 2.75) is 0 Å². The highest BCUT2D eigenvalue weighted by Gasteiger charge is 2.08. The van der Waals surface area contributed by atoms with Crippen molar-refractivity contribution >= 4 is 33.4 Å². The predicted octanol–water partition coefficient (Wildman–Crippen LogP) is 0.602. The molecule has 0 radical (unpaired) electrons. The third-order valence-electron chi connectivity index (χ3n) is 1.84. The Morgan fingerprint density at radius 3 is 2.65 bits per heavy atom. The van der Waals surface area contributed by atoms with E-state index in [0.717, 1.165) is 0 Å². The molecule has 0 aliphatic rings. The molecule has 0 saturated carbocycles. The van der Waals surface area contributed by atoms with Crippen molar-refractivity contribution in [1.82, 2.24) is 5.32 Å². The Morgan fingerprint density at radius 2 is 2.06 bits per heavy atom. The highest BCUT2D eigenvalue weighted by Crippen LogP contribution is 2.18. The molecule has 0 aliphatic heterocycles. The van der Waals surface area contributed by atoms with Crippen molar-refractivity contribution in [3.05, 3.63) is 28.5 Å². The second-order valence-corrected chi connectivity index (χ2v) is 4.07. The molecule has 0 saturated heterocycles. The van der Waals surface area contributed by atoms with Gasteiger partial charge in [-0.3, -0.25) is 9.59 Å². The zero-order chi connectivity index (χ0) is 12.8. The molecule has 2 amide bonds. The van der Waals surface area contributed by atoms with Crippen LogP contribution in [0.25, 0.3) is 0 Å². The molecule has 0 atom stereocenters. The summed E-state index contributed by atoms with van der Waals surface area (Å²) in [5, 5.41) is 4.60. The Bertz CT molecular complexity index is 440. The van der Waals surface area contributed by atoms with Gasteiger partial charge in [-0.05, 0) is 18.2 Å². The van der Waals surface area contributed by atoms with Crippen LogP contribution in [0.1, 0.15) is 0 Å². The van der Waals surface area contributed by atoms with Gasteiger partial charge in [-0.25, -0.2) is 4.39 Å². The summed E-state index contributed by atoms with van der Waals surface area (Å²) in [4.78, 5) is 22.1. The molecule has 17 heavy (non-hydrogen) atoms. The fourth-order valence-corrected chi connectivity index (χ4v) is 1.37. The van der Waals surface area contributed by atoms with E-state index in [1.807, 2.05) is 0 Å². The van der Waals surface area contributed by atoms with Gasteiger partial charge in [-0.15, -0.1) is 0 Å². The number of hydrogen-bond donors (Lipinski definition) is 3. The highest BCUT2D eigenvalue weighted by atomic mass is 79.9. The first-order valence-corrected chi connectivity index (χ1v) is 5.54. The molecular weight excluding hydrogens is 293 g/mol. The zero-order valence-corrected chi connectivity index (χ0v) is 10.4. The zero-order valence-electron chi connectivity index (χ0n) is 8.80. The van der Waals surface area contributed by atoms with Gasteiger partial charge in [0.15, 0.2) is 0 Å². The lowest BCUT2D eigenvalue weighted by molar-refractivity contribution is -0.123. The topological polar surface area (TPSA) is 84.2 Å². The molecule has 92 valence electrons. The number of rotatable bonds is 4. The second-order valence-electron chi connectivity index (χ2n) is 3.15. The Kier molecular flexibility index (Phi) is 5.05. The van der Waals surface area contributed by atoms with E-state index in [1.165, 1.54) is 12.1 Å². The minimum absolute atomic E-state index is 0.0557. The number of carbonyl (C=O) groups is 2. The van der Waals surface area contributed by atoms with Crippen molar-refractivity contribution in [3.8, 4) is 0 Å². The van der Waals surface area contributed by atoms with Gasteiger partial charge >= 0.3 is 0 Å². The maximum absolute atomic E-state index is 13.3. The molecule has 0 spiro atoms. The number of nitrogens with two attached hydrogens (primary N) is 1. The number of benzene rings is 1. The van der Waals surface area contributed by atoms with E-state index in [4.69, 9.17) is 5.73 Å². The maximum atomic E-state index is 13.3. The van der Waals surface area contributed by atoms with Crippen LogP contribution in [0.4, 0.5) is 10.1 Å². The van der Waals surface area contributed by atoms with Gasteiger partial charge in [-0.1, -0.05) is 15.9 Å². The van der Waals surface area contributed by atoms with Crippen LogP contribution in [0, 0.1) is 5.82 Å². The van der Waals surface area contributed by atoms with Gasteiger partial charge < -0.3 is 16.4 Å². The van der Waals surface area contributed by atoms with Gasteiger partial charge in [0.1, 0.15) is 5.82 Å². The maximum Gasteiger partial charge on any atom is 0.243 e. The molecule has 4 N–H and O–H groups in total. The van der Waals surface area contributed by atoms with Gasteiger partial charge in [0, 0.05) is 4.47 Å². The van der Waals surface area contributed by atoms with Crippen LogP contribution in [0.15, 0.2) is 22.7 Å². The van der Waals surface area contributed by atoms with Crippen molar-refractivity contribution in [2.24, 2.45) is 5.73 Å². The number of hydrogen-bond acceptors (Lipinski definition) is 3. The monoisotopic (exact) mass is 303 g/mol. The van der Waals surface area contributed by atoms with E-state index in [1.54, 1.807) is 6.07 Å². The summed E-state index contributed by atoms with van der Waals surface area (Å²) in [5.74, 6) is -1.53. The SMILES string of the molecule is NCC(=O)NCC(=O)Nc1ccc(Br)cc1F. The predicted molar refractivity (Wildman–Crippen MR) is 64.8 cm³/mol. The fourth-order valence-electron chi connectivity index (χ4n) is 1.04. The normalized spacial score (nSPS) is 9.82. The van der Waals surface area contributed by atoms with Crippen molar-refractivity contribution < 1.29 is 14.0 Å². The summed E-state index contributed by atoms with van der Waals surface area (Å²) in [6.07, 6.45) is 0. The first kappa shape index (κ1) is 13.6. The lowest BCUT2D eigenvalue weighted by Gasteiger charge is -2.07. The fraction of sp³-hybridized carbons (Fsp3) is 0.200. The van der Waals surface area contributed by atoms with Crippen LogP contribution in [-0.4, -0.2) is 24.9 Å². The summed E-state index contributed by atoms with van der Waals surface area (Å²) < 4.78 is 13.9. The molecule has 5 nitrogen and oxygen atoms in total. The molecule has 1 aromatic carbocycles. The molecule has 0 bridgehead atoms. The van der Waals surface area contributed by atoms with Gasteiger partial charge in [0.05, 0.1) is 18.8 Å². The Morgan fingerprint density at radius 1 is 1.35 bits per heavy atom. The quantitative estimate of drug-likeness (QED) is 0.761. The molecule has 0 fully saturated rings. The molecule has 1 aromatic rings. The lowest BCUT2D eigenvalue weighted by atomic mass is 10.3. The van der Waals surface area contributed by atoms with Crippen LogP contribution >= 0.6 is 15.9 Å². The molecule has 0 aliphatic carbocycles. The second kappa shape index (κ2) is 6.31. The number of amides is 2. The average Bonchev–Trinajstić information content (AvgIpc) is 2.29. The summed E-state index contributed by atoms with van der Waals surface area (Å²) in [7, 11) is 0.